The molecule has 1 unspecified atom stereocenters. The van der Waals surface area contributed by atoms with Crippen molar-refractivity contribution in [2.45, 2.75) is 38.6 Å². The fourth-order valence-electron chi connectivity index (χ4n) is 2.01. The summed E-state index contributed by atoms with van der Waals surface area (Å²) in [7, 11) is 0. The second kappa shape index (κ2) is 9.78. The van der Waals surface area contributed by atoms with Gasteiger partial charge in [0.05, 0.1) is 0 Å². The molecule has 1 N–H and O–H groups in total. The number of thioether (sulfide) groups is 1. The summed E-state index contributed by atoms with van der Waals surface area (Å²) in [5.41, 5.74) is 0.741. The van der Waals surface area contributed by atoms with Crippen LogP contribution in [0, 0.1) is 5.82 Å². The fraction of sp³-hybridized carbons (Fsp3) is 0.600. The van der Waals surface area contributed by atoms with Crippen LogP contribution in [0.4, 0.5) is 4.39 Å². The number of hydrogen-bond acceptors (Lipinski definition) is 2. The van der Waals surface area contributed by atoms with Gasteiger partial charge in [0.15, 0.2) is 0 Å². The Morgan fingerprint density at radius 3 is 2.68 bits per heavy atom. The Hall–Kier alpha value is -0.0600. The molecule has 1 rings (SSSR count). The van der Waals surface area contributed by atoms with Gasteiger partial charge in [0.25, 0.3) is 0 Å². The van der Waals surface area contributed by atoms with Gasteiger partial charge in [-0.2, -0.15) is 11.8 Å². The van der Waals surface area contributed by atoms with E-state index in [9.17, 15) is 4.39 Å². The highest BCUT2D eigenvalue weighted by Gasteiger charge is 2.10. The minimum Gasteiger partial charge on any atom is -0.310 e. The Balaban J connectivity index is 2.22. The number of rotatable bonds is 9. The first-order chi connectivity index (χ1) is 9.15. The van der Waals surface area contributed by atoms with Crippen molar-refractivity contribution in [1.82, 2.24) is 5.32 Å². The summed E-state index contributed by atoms with van der Waals surface area (Å²) < 4.78 is 14.5. The van der Waals surface area contributed by atoms with Crippen molar-refractivity contribution in [3.05, 3.63) is 34.1 Å². The summed E-state index contributed by atoms with van der Waals surface area (Å²) in [4.78, 5) is 0. The van der Waals surface area contributed by atoms with Crippen molar-refractivity contribution in [3.63, 3.8) is 0 Å². The third-order valence-electron chi connectivity index (χ3n) is 3.15. The molecule has 0 amide bonds. The summed E-state index contributed by atoms with van der Waals surface area (Å²) in [6, 6.07) is 5.32. The molecule has 108 valence electrons. The molecule has 1 aromatic rings. The Morgan fingerprint density at radius 2 is 2.00 bits per heavy atom. The SMILES string of the molecule is CSCCCCCCNC(C)c1ccc(Br)cc1F. The highest BCUT2D eigenvalue weighted by molar-refractivity contribution is 9.10. The van der Waals surface area contributed by atoms with E-state index < -0.39 is 0 Å². The van der Waals surface area contributed by atoms with Crippen LogP contribution in [0.3, 0.4) is 0 Å². The third-order valence-corrected chi connectivity index (χ3v) is 4.34. The van der Waals surface area contributed by atoms with Crippen LogP contribution in [0.2, 0.25) is 0 Å². The standard InChI is InChI=1S/C15H23BrFNS/c1-12(14-8-7-13(16)11-15(14)17)18-9-5-3-4-6-10-19-2/h7-8,11-12,18H,3-6,9-10H2,1-2H3. The first-order valence-electron chi connectivity index (χ1n) is 6.82. The molecule has 0 aliphatic carbocycles. The Bertz CT molecular complexity index is 373. The maximum atomic E-state index is 13.7. The van der Waals surface area contributed by atoms with Crippen LogP contribution in [0.1, 0.15) is 44.2 Å². The quantitative estimate of drug-likeness (QED) is 0.619. The van der Waals surface area contributed by atoms with Gasteiger partial charge in [0, 0.05) is 16.1 Å². The average molecular weight is 348 g/mol. The van der Waals surface area contributed by atoms with Gasteiger partial charge in [-0.25, -0.2) is 4.39 Å². The van der Waals surface area contributed by atoms with Crippen molar-refractivity contribution < 1.29 is 4.39 Å². The smallest absolute Gasteiger partial charge is 0.129 e. The molecule has 0 saturated heterocycles. The van der Waals surface area contributed by atoms with Crippen molar-refractivity contribution >= 4 is 27.7 Å². The number of nitrogens with one attached hydrogen (secondary N) is 1. The van der Waals surface area contributed by atoms with Gasteiger partial charge in [-0.05, 0) is 50.5 Å². The van der Waals surface area contributed by atoms with Crippen molar-refractivity contribution in [2.24, 2.45) is 0 Å². The van der Waals surface area contributed by atoms with Crippen molar-refractivity contribution in [3.8, 4) is 0 Å². The lowest BCUT2D eigenvalue weighted by Crippen LogP contribution is -2.20. The molecule has 1 aromatic carbocycles. The highest BCUT2D eigenvalue weighted by Crippen LogP contribution is 2.20. The molecule has 1 nitrogen and oxygen atoms in total. The third kappa shape index (κ3) is 6.77. The number of unbranched alkanes of at least 4 members (excludes halogenated alkanes) is 3. The van der Waals surface area contributed by atoms with E-state index in [1.54, 1.807) is 0 Å². The van der Waals surface area contributed by atoms with E-state index in [4.69, 9.17) is 0 Å². The van der Waals surface area contributed by atoms with Gasteiger partial charge in [0.1, 0.15) is 5.82 Å². The lowest BCUT2D eigenvalue weighted by molar-refractivity contribution is 0.510. The molecule has 0 saturated carbocycles. The van der Waals surface area contributed by atoms with Crippen LogP contribution in [-0.2, 0) is 0 Å². The Labute approximate surface area is 128 Å². The van der Waals surface area contributed by atoms with Crippen molar-refractivity contribution in [2.75, 3.05) is 18.6 Å². The summed E-state index contributed by atoms with van der Waals surface area (Å²) >= 11 is 5.19. The fourth-order valence-corrected chi connectivity index (χ4v) is 2.83. The maximum Gasteiger partial charge on any atom is 0.129 e. The van der Waals surface area contributed by atoms with Gasteiger partial charge in [0.2, 0.25) is 0 Å². The second-order valence-electron chi connectivity index (χ2n) is 4.75. The normalized spacial score (nSPS) is 12.6. The minimum absolute atomic E-state index is 0.0688. The lowest BCUT2D eigenvalue weighted by atomic mass is 10.1. The molecule has 0 radical (unpaired) electrons. The molecule has 0 heterocycles. The van der Waals surface area contributed by atoms with Gasteiger partial charge >= 0.3 is 0 Å². The molecule has 1 atom stereocenters. The predicted molar refractivity (Wildman–Crippen MR) is 87.4 cm³/mol. The van der Waals surface area contributed by atoms with Crippen LogP contribution in [0.25, 0.3) is 0 Å². The summed E-state index contributed by atoms with van der Waals surface area (Å²) in [5, 5.41) is 3.39. The molecule has 0 fully saturated rings. The Kier molecular flexibility index (Phi) is 8.75. The molecule has 0 aromatic heterocycles. The van der Waals surface area contributed by atoms with E-state index in [1.165, 1.54) is 31.1 Å². The van der Waals surface area contributed by atoms with Gasteiger partial charge in [-0.15, -0.1) is 0 Å². The average Bonchev–Trinajstić information content (AvgIpc) is 2.37. The predicted octanol–water partition coefficient (Wildman–Crippen LogP) is 5.16. The van der Waals surface area contributed by atoms with E-state index in [2.05, 4.69) is 27.5 Å². The van der Waals surface area contributed by atoms with E-state index in [1.807, 2.05) is 30.8 Å². The molecular formula is C15H23BrFNS. The molecule has 0 bridgehead atoms. The van der Waals surface area contributed by atoms with Crippen LogP contribution in [0.15, 0.2) is 22.7 Å². The number of benzene rings is 1. The van der Waals surface area contributed by atoms with Crippen LogP contribution in [-0.4, -0.2) is 18.6 Å². The highest BCUT2D eigenvalue weighted by atomic mass is 79.9. The molecular weight excluding hydrogens is 325 g/mol. The largest absolute Gasteiger partial charge is 0.310 e. The minimum atomic E-state index is -0.144. The first kappa shape index (κ1) is 17.0. The monoisotopic (exact) mass is 347 g/mol. The lowest BCUT2D eigenvalue weighted by Gasteiger charge is -2.15. The number of halogens is 2. The molecule has 0 spiro atoms. The zero-order valence-corrected chi connectivity index (χ0v) is 14.1. The Morgan fingerprint density at radius 1 is 1.26 bits per heavy atom. The first-order valence-corrected chi connectivity index (χ1v) is 9.01. The molecule has 0 aliphatic rings. The molecule has 4 heteroatoms. The van der Waals surface area contributed by atoms with E-state index in [-0.39, 0.29) is 11.9 Å². The summed E-state index contributed by atoms with van der Waals surface area (Å²) in [6.45, 7) is 2.97. The van der Waals surface area contributed by atoms with E-state index in [0.717, 1.165) is 23.0 Å². The van der Waals surface area contributed by atoms with Crippen molar-refractivity contribution in [1.29, 1.82) is 0 Å². The molecule has 19 heavy (non-hydrogen) atoms. The maximum absolute atomic E-state index is 13.7. The topological polar surface area (TPSA) is 12.0 Å². The van der Waals surface area contributed by atoms with Gasteiger partial charge < -0.3 is 5.32 Å². The summed E-state index contributed by atoms with van der Waals surface area (Å²) in [5.74, 6) is 1.11. The van der Waals surface area contributed by atoms with E-state index >= 15 is 0 Å². The second-order valence-corrected chi connectivity index (χ2v) is 6.65. The molecule has 0 aliphatic heterocycles. The van der Waals surface area contributed by atoms with Crippen LogP contribution in [0.5, 0.6) is 0 Å². The van der Waals surface area contributed by atoms with Gasteiger partial charge in [-0.1, -0.05) is 34.8 Å². The number of hydrogen-bond donors (Lipinski definition) is 1. The zero-order valence-electron chi connectivity index (χ0n) is 11.7. The van der Waals surface area contributed by atoms with Crippen LogP contribution >= 0.6 is 27.7 Å². The van der Waals surface area contributed by atoms with Gasteiger partial charge in [-0.3, -0.25) is 0 Å². The summed E-state index contributed by atoms with van der Waals surface area (Å²) in [6.07, 6.45) is 7.16. The van der Waals surface area contributed by atoms with Crippen LogP contribution < -0.4 is 5.32 Å². The van der Waals surface area contributed by atoms with E-state index in [0.29, 0.717) is 0 Å². The zero-order chi connectivity index (χ0) is 14.1.